The Kier molecular flexibility index (Phi) is 1.94. The van der Waals surface area contributed by atoms with Crippen molar-refractivity contribution >= 4 is 0 Å². The second-order valence-electron chi connectivity index (χ2n) is 4.63. The fourth-order valence-corrected chi connectivity index (χ4v) is 1.35. The van der Waals surface area contributed by atoms with Gasteiger partial charge in [-0.3, -0.25) is 0 Å². The number of aromatic nitrogens is 1. The first kappa shape index (κ1) is 8.79. The van der Waals surface area contributed by atoms with E-state index in [1.54, 1.807) is 0 Å². The van der Waals surface area contributed by atoms with Crippen LogP contribution in [0.25, 0.3) is 0 Å². The maximum atomic E-state index is 5.37. The molecule has 2 rings (SSSR count). The van der Waals surface area contributed by atoms with Gasteiger partial charge in [0, 0.05) is 17.4 Å². The molecule has 1 aliphatic carbocycles. The topological polar surface area (TPSA) is 26.0 Å². The van der Waals surface area contributed by atoms with E-state index in [1.165, 1.54) is 12.8 Å². The van der Waals surface area contributed by atoms with E-state index >= 15 is 0 Å². The number of hydrogen-bond acceptors (Lipinski definition) is 2. The van der Waals surface area contributed by atoms with Crippen LogP contribution in [0, 0.1) is 0 Å². The summed E-state index contributed by atoms with van der Waals surface area (Å²) in [7, 11) is 0. The number of nitrogens with zero attached hydrogens (tertiary/aromatic N) is 1. The zero-order chi connectivity index (χ0) is 9.47. The summed E-state index contributed by atoms with van der Waals surface area (Å²) < 4.78 is 5.37. The zero-order valence-corrected chi connectivity index (χ0v) is 8.63. The lowest BCUT2D eigenvalue weighted by molar-refractivity contribution is 0.308. The Morgan fingerprint density at radius 3 is 2.77 bits per heavy atom. The van der Waals surface area contributed by atoms with Crippen molar-refractivity contribution in [2.24, 2.45) is 0 Å². The smallest absolute Gasteiger partial charge is 0.142 e. The van der Waals surface area contributed by atoms with Crippen molar-refractivity contribution in [2.75, 3.05) is 0 Å². The number of hydrogen-bond donors (Lipinski definition) is 0. The minimum atomic E-state index is 0.139. The molecule has 0 saturated heterocycles. The summed E-state index contributed by atoms with van der Waals surface area (Å²) in [5.74, 6) is 1.74. The highest BCUT2D eigenvalue weighted by molar-refractivity contribution is 5.19. The van der Waals surface area contributed by atoms with Crippen molar-refractivity contribution in [3.8, 4) is 0 Å². The average Bonchev–Trinajstić information content (AvgIpc) is 2.83. The highest BCUT2D eigenvalue weighted by Crippen LogP contribution is 2.40. The lowest BCUT2D eigenvalue weighted by Gasteiger charge is -2.17. The molecular formula is C11H17NO. The van der Waals surface area contributed by atoms with Gasteiger partial charge in [-0.2, -0.15) is 0 Å². The van der Waals surface area contributed by atoms with E-state index in [2.05, 4.69) is 32.0 Å². The SMILES string of the molecule is CCC(C)(C)c1cc(C2CC2)no1. The third-order valence-electron chi connectivity index (χ3n) is 3.07. The van der Waals surface area contributed by atoms with Crippen molar-refractivity contribution in [1.29, 1.82) is 0 Å². The molecule has 1 fully saturated rings. The Balaban J connectivity index is 2.20. The standard InChI is InChI=1S/C11H17NO/c1-4-11(2,3)10-7-9(12-13-10)8-5-6-8/h7-8H,4-6H2,1-3H3. The molecule has 0 atom stereocenters. The van der Waals surface area contributed by atoms with Crippen LogP contribution in [0.2, 0.25) is 0 Å². The molecule has 72 valence electrons. The summed E-state index contributed by atoms with van der Waals surface area (Å²) in [6, 6.07) is 2.14. The highest BCUT2D eigenvalue weighted by Gasteiger charge is 2.30. The molecule has 0 amide bonds. The molecular weight excluding hydrogens is 162 g/mol. The summed E-state index contributed by atoms with van der Waals surface area (Å²) >= 11 is 0. The second kappa shape index (κ2) is 2.86. The maximum absolute atomic E-state index is 5.37. The minimum absolute atomic E-state index is 0.139. The van der Waals surface area contributed by atoms with Gasteiger partial charge in [0.1, 0.15) is 5.76 Å². The number of rotatable bonds is 3. The predicted molar refractivity (Wildman–Crippen MR) is 51.8 cm³/mol. The molecule has 1 aromatic heterocycles. The van der Waals surface area contributed by atoms with Gasteiger partial charge in [-0.1, -0.05) is 25.9 Å². The lowest BCUT2D eigenvalue weighted by atomic mass is 9.87. The molecule has 1 aliphatic rings. The van der Waals surface area contributed by atoms with Crippen LogP contribution >= 0.6 is 0 Å². The summed E-state index contributed by atoms with van der Waals surface area (Å²) in [6.45, 7) is 6.58. The highest BCUT2D eigenvalue weighted by atomic mass is 16.5. The van der Waals surface area contributed by atoms with E-state index in [0.717, 1.165) is 17.9 Å². The fourth-order valence-electron chi connectivity index (χ4n) is 1.35. The van der Waals surface area contributed by atoms with Crippen LogP contribution in [-0.4, -0.2) is 5.16 Å². The van der Waals surface area contributed by atoms with Gasteiger partial charge in [-0.25, -0.2) is 0 Å². The normalized spacial score (nSPS) is 17.8. The van der Waals surface area contributed by atoms with Gasteiger partial charge < -0.3 is 4.52 Å². The Morgan fingerprint density at radius 1 is 1.54 bits per heavy atom. The van der Waals surface area contributed by atoms with Crippen molar-refractivity contribution in [3.05, 3.63) is 17.5 Å². The van der Waals surface area contributed by atoms with E-state index in [1.807, 2.05) is 0 Å². The Bertz CT molecular complexity index is 297. The molecule has 1 heterocycles. The van der Waals surface area contributed by atoms with Crippen LogP contribution in [-0.2, 0) is 5.41 Å². The maximum Gasteiger partial charge on any atom is 0.142 e. The first-order valence-corrected chi connectivity index (χ1v) is 5.10. The van der Waals surface area contributed by atoms with Crippen LogP contribution in [0.4, 0.5) is 0 Å². The summed E-state index contributed by atoms with van der Waals surface area (Å²) in [5, 5.41) is 4.12. The van der Waals surface area contributed by atoms with Gasteiger partial charge in [-0.15, -0.1) is 0 Å². The van der Waals surface area contributed by atoms with Crippen LogP contribution < -0.4 is 0 Å². The van der Waals surface area contributed by atoms with E-state index < -0.39 is 0 Å². The molecule has 2 nitrogen and oxygen atoms in total. The lowest BCUT2D eigenvalue weighted by Crippen LogP contribution is -2.13. The van der Waals surface area contributed by atoms with E-state index in [0.29, 0.717) is 5.92 Å². The van der Waals surface area contributed by atoms with Crippen LogP contribution in [0.1, 0.15) is 57.4 Å². The van der Waals surface area contributed by atoms with Gasteiger partial charge in [-0.05, 0) is 19.3 Å². The molecule has 1 saturated carbocycles. The Morgan fingerprint density at radius 2 is 2.23 bits per heavy atom. The van der Waals surface area contributed by atoms with Crippen molar-refractivity contribution < 1.29 is 4.52 Å². The Hall–Kier alpha value is -0.790. The summed E-state index contributed by atoms with van der Waals surface area (Å²) in [4.78, 5) is 0. The van der Waals surface area contributed by atoms with Crippen molar-refractivity contribution in [3.63, 3.8) is 0 Å². The van der Waals surface area contributed by atoms with Crippen molar-refractivity contribution in [1.82, 2.24) is 5.16 Å². The van der Waals surface area contributed by atoms with Gasteiger partial charge in [0.15, 0.2) is 0 Å². The van der Waals surface area contributed by atoms with E-state index in [4.69, 9.17) is 4.52 Å². The molecule has 1 aromatic rings. The van der Waals surface area contributed by atoms with Crippen LogP contribution in [0.3, 0.4) is 0 Å². The van der Waals surface area contributed by atoms with E-state index in [-0.39, 0.29) is 5.41 Å². The Labute approximate surface area is 79.3 Å². The molecule has 0 spiro atoms. The molecule has 0 bridgehead atoms. The van der Waals surface area contributed by atoms with Crippen molar-refractivity contribution in [2.45, 2.75) is 51.4 Å². The monoisotopic (exact) mass is 179 g/mol. The minimum Gasteiger partial charge on any atom is -0.361 e. The molecule has 2 heteroatoms. The van der Waals surface area contributed by atoms with Crippen LogP contribution in [0.15, 0.2) is 10.6 Å². The summed E-state index contributed by atoms with van der Waals surface area (Å²) in [6.07, 6.45) is 3.67. The largest absolute Gasteiger partial charge is 0.361 e. The third-order valence-corrected chi connectivity index (χ3v) is 3.07. The van der Waals surface area contributed by atoms with E-state index in [9.17, 15) is 0 Å². The quantitative estimate of drug-likeness (QED) is 0.712. The predicted octanol–water partition coefficient (Wildman–Crippen LogP) is 3.24. The molecule has 0 aliphatic heterocycles. The third kappa shape index (κ3) is 1.62. The van der Waals surface area contributed by atoms with Gasteiger partial charge >= 0.3 is 0 Å². The first-order chi connectivity index (χ1) is 6.13. The second-order valence-corrected chi connectivity index (χ2v) is 4.63. The van der Waals surface area contributed by atoms with Gasteiger partial charge in [0.2, 0.25) is 0 Å². The molecule has 0 aromatic carbocycles. The summed E-state index contributed by atoms with van der Waals surface area (Å²) in [5.41, 5.74) is 1.30. The van der Waals surface area contributed by atoms with Gasteiger partial charge in [0.05, 0.1) is 5.69 Å². The molecule has 0 N–H and O–H groups in total. The average molecular weight is 179 g/mol. The first-order valence-electron chi connectivity index (χ1n) is 5.10. The molecule has 0 unspecified atom stereocenters. The van der Waals surface area contributed by atoms with Gasteiger partial charge in [0.25, 0.3) is 0 Å². The zero-order valence-electron chi connectivity index (χ0n) is 8.63. The molecule has 0 radical (unpaired) electrons. The molecule has 13 heavy (non-hydrogen) atoms. The van der Waals surface area contributed by atoms with Crippen LogP contribution in [0.5, 0.6) is 0 Å². The fraction of sp³-hybridized carbons (Fsp3) is 0.727.